The van der Waals surface area contributed by atoms with Crippen molar-refractivity contribution < 1.29 is 4.39 Å². The van der Waals surface area contributed by atoms with E-state index in [0.717, 1.165) is 12.0 Å². The summed E-state index contributed by atoms with van der Waals surface area (Å²) in [4.78, 5) is 8.21. The SMILES string of the molecule is Cc1nc(Cl)cc(NCCc2ccc(F)c(Br)c2)n1. The van der Waals surface area contributed by atoms with Gasteiger partial charge in [-0.2, -0.15) is 0 Å². The standard InChI is InChI=1S/C13H12BrClFN3/c1-8-18-12(15)7-13(19-8)17-5-4-9-2-3-11(16)10(14)6-9/h2-3,6-7H,4-5H2,1H3,(H,17,18,19). The predicted octanol–water partition coefficient (Wildman–Crippen LogP) is 3.99. The third-order valence-electron chi connectivity index (χ3n) is 2.51. The van der Waals surface area contributed by atoms with Crippen LogP contribution in [0.5, 0.6) is 0 Å². The quantitative estimate of drug-likeness (QED) is 0.852. The van der Waals surface area contributed by atoms with Gasteiger partial charge in [-0.15, -0.1) is 0 Å². The van der Waals surface area contributed by atoms with Gasteiger partial charge in [0.05, 0.1) is 4.47 Å². The lowest BCUT2D eigenvalue weighted by Gasteiger charge is -2.07. The van der Waals surface area contributed by atoms with Crippen LogP contribution >= 0.6 is 27.5 Å². The minimum Gasteiger partial charge on any atom is -0.370 e. The van der Waals surface area contributed by atoms with Crippen molar-refractivity contribution in [1.29, 1.82) is 0 Å². The highest BCUT2D eigenvalue weighted by molar-refractivity contribution is 9.10. The summed E-state index contributed by atoms with van der Waals surface area (Å²) >= 11 is 9.01. The molecule has 0 atom stereocenters. The summed E-state index contributed by atoms with van der Waals surface area (Å²) in [6.07, 6.45) is 0.763. The van der Waals surface area contributed by atoms with Crippen LogP contribution in [-0.2, 0) is 6.42 Å². The van der Waals surface area contributed by atoms with Gasteiger partial charge in [0.25, 0.3) is 0 Å². The van der Waals surface area contributed by atoms with Gasteiger partial charge in [-0.05, 0) is 47.0 Å². The van der Waals surface area contributed by atoms with Crippen LogP contribution < -0.4 is 5.32 Å². The second kappa shape index (κ2) is 6.30. The Balaban J connectivity index is 1.94. The fourth-order valence-electron chi connectivity index (χ4n) is 1.65. The number of halogens is 3. The number of benzene rings is 1. The first-order chi connectivity index (χ1) is 9.04. The summed E-state index contributed by atoms with van der Waals surface area (Å²) < 4.78 is 13.6. The highest BCUT2D eigenvalue weighted by Gasteiger charge is 2.02. The first-order valence-corrected chi connectivity index (χ1v) is 6.90. The molecule has 0 aliphatic heterocycles. The molecule has 1 heterocycles. The molecule has 0 amide bonds. The van der Waals surface area contributed by atoms with Crippen molar-refractivity contribution in [2.45, 2.75) is 13.3 Å². The lowest BCUT2D eigenvalue weighted by atomic mass is 10.1. The second-order valence-corrected chi connectivity index (χ2v) is 5.29. The average Bonchev–Trinajstić information content (AvgIpc) is 2.32. The molecule has 0 bridgehead atoms. The third kappa shape index (κ3) is 4.14. The molecular formula is C13H12BrClFN3. The summed E-state index contributed by atoms with van der Waals surface area (Å²) in [6.45, 7) is 2.47. The Labute approximate surface area is 124 Å². The molecule has 6 heteroatoms. The van der Waals surface area contributed by atoms with Crippen LogP contribution in [0, 0.1) is 12.7 Å². The van der Waals surface area contributed by atoms with E-state index >= 15 is 0 Å². The Morgan fingerprint density at radius 3 is 2.79 bits per heavy atom. The molecule has 0 unspecified atom stereocenters. The van der Waals surface area contributed by atoms with Gasteiger partial charge >= 0.3 is 0 Å². The molecule has 2 aromatic rings. The number of hydrogen-bond acceptors (Lipinski definition) is 3. The van der Waals surface area contributed by atoms with Crippen LogP contribution in [0.4, 0.5) is 10.2 Å². The van der Waals surface area contributed by atoms with Gasteiger partial charge in [0.2, 0.25) is 0 Å². The molecule has 3 nitrogen and oxygen atoms in total. The van der Waals surface area contributed by atoms with Crippen LogP contribution in [0.2, 0.25) is 5.15 Å². The minimum atomic E-state index is -0.255. The zero-order chi connectivity index (χ0) is 13.8. The zero-order valence-corrected chi connectivity index (χ0v) is 12.6. The molecule has 19 heavy (non-hydrogen) atoms. The van der Waals surface area contributed by atoms with Crippen molar-refractivity contribution in [2.24, 2.45) is 0 Å². The maximum Gasteiger partial charge on any atom is 0.137 e. The molecule has 100 valence electrons. The lowest BCUT2D eigenvalue weighted by Crippen LogP contribution is -2.07. The van der Waals surface area contributed by atoms with Gasteiger partial charge < -0.3 is 5.32 Å². The van der Waals surface area contributed by atoms with E-state index in [4.69, 9.17) is 11.6 Å². The van der Waals surface area contributed by atoms with Crippen molar-refractivity contribution in [3.8, 4) is 0 Å². The number of hydrogen-bond donors (Lipinski definition) is 1. The molecule has 1 aromatic heterocycles. The van der Waals surface area contributed by atoms with Gasteiger partial charge in [0.15, 0.2) is 0 Å². The number of nitrogens with one attached hydrogen (secondary N) is 1. The largest absolute Gasteiger partial charge is 0.370 e. The van der Waals surface area contributed by atoms with Crippen molar-refractivity contribution >= 4 is 33.3 Å². The predicted molar refractivity (Wildman–Crippen MR) is 78.1 cm³/mol. The van der Waals surface area contributed by atoms with Gasteiger partial charge in [-0.3, -0.25) is 0 Å². The maximum absolute atomic E-state index is 13.1. The summed E-state index contributed by atoms with van der Waals surface area (Å²) in [7, 11) is 0. The van der Waals surface area contributed by atoms with E-state index < -0.39 is 0 Å². The Kier molecular flexibility index (Phi) is 4.71. The van der Waals surface area contributed by atoms with Gasteiger partial charge in [0, 0.05) is 12.6 Å². The summed E-state index contributed by atoms with van der Waals surface area (Å²) in [5.74, 6) is 1.06. The van der Waals surface area contributed by atoms with Crippen LogP contribution in [-0.4, -0.2) is 16.5 Å². The normalized spacial score (nSPS) is 10.5. The average molecular weight is 345 g/mol. The van der Waals surface area contributed by atoms with Crippen molar-refractivity contribution in [3.05, 3.63) is 51.1 Å². The van der Waals surface area contributed by atoms with E-state index in [0.29, 0.717) is 27.8 Å². The van der Waals surface area contributed by atoms with Crippen LogP contribution in [0.1, 0.15) is 11.4 Å². The van der Waals surface area contributed by atoms with Crippen molar-refractivity contribution in [3.63, 3.8) is 0 Å². The Bertz CT molecular complexity index is 572. The van der Waals surface area contributed by atoms with Crippen molar-refractivity contribution in [1.82, 2.24) is 9.97 Å². The minimum absolute atomic E-state index is 0.255. The summed E-state index contributed by atoms with van der Waals surface area (Å²) in [6, 6.07) is 6.66. The number of aryl methyl sites for hydroxylation is 1. The molecule has 0 fully saturated rings. The first-order valence-electron chi connectivity index (χ1n) is 5.73. The first kappa shape index (κ1) is 14.2. The lowest BCUT2D eigenvalue weighted by molar-refractivity contribution is 0.620. The monoisotopic (exact) mass is 343 g/mol. The van der Waals surface area contributed by atoms with E-state index in [2.05, 4.69) is 31.2 Å². The van der Waals surface area contributed by atoms with Crippen molar-refractivity contribution in [2.75, 3.05) is 11.9 Å². The summed E-state index contributed by atoms with van der Waals surface area (Å²) in [5.41, 5.74) is 1.04. The molecular weight excluding hydrogens is 333 g/mol. The fraction of sp³-hybridized carbons (Fsp3) is 0.231. The smallest absolute Gasteiger partial charge is 0.137 e. The van der Waals surface area contributed by atoms with Crippen LogP contribution in [0.3, 0.4) is 0 Å². The zero-order valence-electron chi connectivity index (χ0n) is 10.3. The molecule has 1 N–H and O–H groups in total. The van der Waals surface area contributed by atoms with E-state index in [1.54, 1.807) is 25.1 Å². The van der Waals surface area contributed by atoms with Crippen LogP contribution in [0.25, 0.3) is 0 Å². The van der Waals surface area contributed by atoms with E-state index in [9.17, 15) is 4.39 Å². The number of rotatable bonds is 4. The molecule has 0 radical (unpaired) electrons. The molecule has 0 spiro atoms. The van der Waals surface area contributed by atoms with Gasteiger partial charge in [-0.25, -0.2) is 14.4 Å². The summed E-state index contributed by atoms with van der Waals surface area (Å²) in [5, 5.41) is 3.58. The Morgan fingerprint density at radius 1 is 1.32 bits per heavy atom. The second-order valence-electron chi connectivity index (χ2n) is 4.05. The maximum atomic E-state index is 13.1. The van der Waals surface area contributed by atoms with Gasteiger partial charge in [-0.1, -0.05) is 17.7 Å². The fourth-order valence-corrected chi connectivity index (χ4v) is 2.30. The molecule has 1 aromatic carbocycles. The van der Waals surface area contributed by atoms with E-state index in [-0.39, 0.29) is 5.82 Å². The third-order valence-corrected chi connectivity index (χ3v) is 3.31. The number of nitrogens with zero attached hydrogens (tertiary/aromatic N) is 2. The van der Waals surface area contributed by atoms with Gasteiger partial charge in [0.1, 0.15) is 22.6 Å². The van der Waals surface area contributed by atoms with E-state index in [1.807, 2.05) is 0 Å². The molecule has 0 aliphatic carbocycles. The highest BCUT2D eigenvalue weighted by Crippen LogP contribution is 2.17. The molecule has 0 saturated carbocycles. The molecule has 2 rings (SSSR count). The molecule has 0 saturated heterocycles. The topological polar surface area (TPSA) is 37.8 Å². The van der Waals surface area contributed by atoms with Crippen LogP contribution in [0.15, 0.2) is 28.7 Å². The van der Waals surface area contributed by atoms with E-state index in [1.165, 1.54) is 6.07 Å². The highest BCUT2D eigenvalue weighted by atomic mass is 79.9. The number of anilines is 1. The molecule has 0 aliphatic rings. The Morgan fingerprint density at radius 2 is 2.11 bits per heavy atom. The Hall–Kier alpha value is -1.20. The number of aromatic nitrogens is 2.